The van der Waals surface area contributed by atoms with Gasteiger partial charge in [0.1, 0.15) is 22.9 Å². The van der Waals surface area contributed by atoms with Gasteiger partial charge in [0.15, 0.2) is 18.1 Å². The molecule has 0 fully saturated rings. The minimum absolute atomic E-state index is 0.0259. The van der Waals surface area contributed by atoms with Crippen molar-refractivity contribution in [2.75, 3.05) is 25.1 Å². The average molecular weight is 457 g/mol. The Bertz CT molecular complexity index is 1120. The summed E-state index contributed by atoms with van der Waals surface area (Å²) in [6.07, 6.45) is 0.495. The third kappa shape index (κ3) is 4.59. The lowest BCUT2D eigenvalue weighted by Crippen LogP contribution is -2.39. The first-order valence-corrected chi connectivity index (χ1v) is 10.6. The molecule has 1 amide bonds. The first kappa shape index (κ1) is 21.4. The quantitative estimate of drug-likeness (QED) is 0.537. The number of benzene rings is 1. The zero-order valence-electron chi connectivity index (χ0n) is 17.0. The van der Waals surface area contributed by atoms with Crippen LogP contribution in [0.1, 0.15) is 17.3 Å². The van der Waals surface area contributed by atoms with Crippen LogP contribution >= 0.6 is 11.3 Å². The molecule has 166 valence electrons. The summed E-state index contributed by atoms with van der Waals surface area (Å²) in [5, 5.41) is 4.54. The Morgan fingerprint density at radius 1 is 1.12 bits per heavy atom. The SMILES string of the molecule is CCOC(=O)c1c(-c2ccco2)csc1NC(=O)COC(=O)C1COc2ccccc2O1. The summed E-state index contributed by atoms with van der Waals surface area (Å²) in [7, 11) is 0. The minimum atomic E-state index is -0.986. The molecule has 1 N–H and O–H groups in total. The van der Waals surface area contributed by atoms with Gasteiger partial charge in [-0.1, -0.05) is 12.1 Å². The molecule has 0 saturated heterocycles. The van der Waals surface area contributed by atoms with E-state index in [1.54, 1.807) is 48.7 Å². The van der Waals surface area contributed by atoms with Crippen molar-refractivity contribution in [2.45, 2.75) is 13.0 Å². The van der Waals surface area contributed by atoms with Crippen LogP contribution in [-0.4, -0.2) is 43.8 Å². The molecule has 4 rings (SSSR count). The number of carbonyl (C=O) groups is 3. The normalized spacial score (nSPS) is 14.5. The van der Waals surface area contributed by atoms with E-state index in [-0.39, 0.29) is 23.8 Å². The van der Waals surface area contributed by atoms with Gasteiger partial charge in [0.25, 0.3) is 5.91 Å². The van der Waals surface area contributed by atoms with Crippen LogP contribution in [0.25, 0.3) is 11.3 Å². The summed E-state index contributed by atoms with van der Waals surface area (Å²) in [5.74, 6) is -0.527. The highest BCUT2D eigenvalue weighted by Crippen LogP contribution is 2.36. The van der Waals surface area contributed by atoms with Crippen LogP contribution in [0, 0.1) is 0 Å². The molecule has 0 bridgehead atoms. The fraction of sp³-hybridized carbons (Fsp3) is 0.227. The van der Waals surface area contributed by atoms with Gasteiger partial charge in [0, 0.05) is 10.9 Å². The predicted molar refractivity (Wildman–Crippen MR) is 114 cm³/mol. The Hall–Kier alpha value is -3.79. The highest BCUT2D eigenvalue weighted by atomic mass is 32.1. The smallest absolute Gasteiger partial charge is 0.351 e. The van der Waals surface area contributed by atoms with Crippen molar-refractivity contribution >= 4 is 34.2 Å². The van der Waals surface area contributed by atoms with Crippen LogP contribution in [0.3, 0.4) is 0 Å². The van der Waals surface area contributed by atoms with E-state index in [9.17, 15) is 14.4 Å². The van der Waals surface area contributed by atoms with Crippen LogP contribution in [0.2, 0.25) is 0 Å². The molecule has 0 radical (unpaired) electrons. The Labute approximate surface area is 186 Å². The largest absolute Gasteiger partial charge is 0.485 e. The minimum Gasteiger partial charge on any atom is -0.485 e. The lowest BCUT2D eigenvalue weighted by atomic mass is 10.1. The van der Waals surface area contributed by atoms with Crippen LogP contribution in [0.5, 0.6) is 11.5 Å². The summed E-state index contributed by atoms with van der Waals surface area (Å²) < 4.78 is 26.6. The fourth-order valence-corrected chi connectivity index (χ4v) is 3.95. The van der Waals surface area contributed by atoms with E-state index in [0.29, 0.717) is 22.8 Å². The van der Waals surface area contributed by atoms with Gasteiger partial charge < -0.3 is 28.7 Å². The Morgan fingerprint density at radius 2 is 1.94 bits per heavy atom. The van der Waals surface area contributed by atoms with E-state index in [0.717, 1.165) is 11.3 Å². The molecule has 2 aromatic heterocycles. The maximum atomic E-state index is 12.5. The molecule has 1 aromatic carbocycles. The van der Waals surface area contributed by atoms with Gasteiger partial charge in [0.2, 0.25) is 6.10 Å². The average Bonchev–Trinajstić information content (AvgIpc) is 3.47. The Morgan fingerprint density at radius 3 is 2.69 bits per heavy atom. The molecule has 1 aliphatic heterocycles. The second-order valence-corrected chi connectivity index (χ2v) is 7.45. The number of anilines is 1. The Balaban J connectivity index is 1.39. The number of rotatable bonds is 7. The van der Waals surface area contributed by atoms with Crippen molar-refractivity contribution in [1.29, 1.82) is 0 Å². The van der Waals surface area contributed by atoms with Gasteiger partial charge in [-0.2, -0.15) is 0 Å². The molecule has 1 atom stereocenters. The van der Waals surface area contributed by atoms with Gasteiger partial charge in [-0.05, 0) is 31.2 Å². The summed E-state index contributed by atoms with van der Waals surface area (Å²) in [6, 6.07) is 10.3. The van der Waals surface area contributed by atoms with Gasteiger partial charge in [-0.25, -0.2) is 9.59 Å². The number of furan rings is 1. The molecule has 32 heavy (non-hydrogen) atoms. The Kier molecular flexibility index (Phi) is 6.41. The number of ether oxygens (including phenoxy) is 4. The number of hydrogen-bond acceptors (Lipinski definition) is 9. The summed E-state index contributed by atoms with van der Waals surface area (Å²) in [4.78, 5) is 37.2. The van der Waals surface area contributed by atoms with E-state index in [1.807, 2.05) is 0 Å². The second kappa shape index (κ2) is 9.56. The topological polar surface area (TPSA) is 113 Å². The standard InChI is InChI=1S/C22H19NO8S/c1-2-27-22(26)19-13(14-8-5-9-28-14)12-32-20(19)23-18(24)11-30-21(25)17-10-29-15-6-3-4-7-16(15)31-17/h3-9,12,17H,2,10-11H2,1H3,(H,23,24). The number of carbonyl (C=O) groups excluding carboxylic acids is 3. The maximum Gasteiger partial charge on any atom is 0.351 e. The van der Waals surface area contributed by atoms with Gasteiger partial charge in [-0.3, -0.25) is 4.79 Å². The zero-order chi connectivity index (χ0) is 22.5. The number of para-hydroxylation sites is 2. The second-order valence-electron chi connectivity index (χ2n) is 6.57. The monoisotopic (exact) mass is 457 g/mol. The number of amides is 1. The number of fused-ring (bicyclic) bond motifs is 1. The molecular formula is C22H19NO8S. The van der Waals surface area contributed by atoms with Crippen LogP contribution < -0.4 is 14.8 Å². The van der Waals surface area contributed by atoms with E-state index in [1.165, 1.54) is 6.26 Å². The number of nitrogens with one attached hydrogen (secondary N) is 1. The maximum absolute atomic E-state index is 12.5. The molecule has 0 saturated carbocycles. The molecule has 10 heteroatoms. The fourth-order valence-electron chi connectivity index (χ4n) is 3.00. The lowest BCUT2D eigenvalue weighted by molar-refractivity contribution is -0.156. The van der Waals surface area contributed by atoms with Gasteiger partial charge in [0.05, 0.1) is 12.9 Å². The summed E-state index contributed by atoms with van der Waals surface area (Å²) in [6.45, 7) is 1.27. The third-order valence-electron chi connectivity index (χ3n) is 4.43. The van der Waals surface area contributed by atoms with Gasteiger partial charge in [-0.15, -0.1) is 11.3 Å². The molecular weight excluding hydrogens is 438 g/mol. The molecule has 3 aromatic rings. The molecule has 9 nitrogen and oxygen atoms in total. The van der Waals surface area contributed by atoms with Crippen molar-refractivity contribution in [2.24, 2.45) is 0 Å². The lowest BCUT2D eigenvalue weighted by Gasteiger charge is -2.24. The molecule has 3 heterocycles. The van der Waals surface area contributed by atoms with Crippen LogP contribution in [0.4, 0.5) is 5.00 Å². The summed E-state index contributed by atoms with van der Waals surface area (Å²) in [5.41, 5.74) is 0.671. The third-order valence-corrected chi connectivity index (χ3v) is 5.32. The van der Waals surface area contributed by atoms with Crippen molar-refractivity contribution < 1.29 is 37.7 Å². The van der Waals surface area contributed by atoms with E-state index in [2.05, 4.69) is 5.32 Å². The summed E-state index contributed by atoms with van der Waals surface area (Å²) >= 11 is 1.13. The first-order chi connectivity index (χ1) is 15.6. The van der Waals surface area contributed by atoms with Crippen molar-refractivity contribution in [3.05, 3.63) is 53.6 Å². The van der Waals surface area contributed by atoms with Crippen molar-refractivity contribution in [1.82, 2.24) is 0 Å². The predicted octanol–water partition coefficient (Wildman–Crippen LogP) is 3.51. The van der Waals surface area contributed by atoms with E-state index < -0.39 is 30.6 Å². The molecule has 1 aliphatic rings. The number of esters is 2. The molecule has 0 aliphatic carbocycles. The number of thiophene rings is 1. The van der Waals surface area contributed by atoms with Crippen molar-refractivity contribution in [3.8, 4) is 22.8 Å². The van der Waals surface area contributed by atoms with Gasteiger partial charge >= 0.3 is 11.9 Å². The highest BCUT2D eigenvalue weighted by molar-refractivity contribution is 7.15. The van der Waals surface area contributed by atoms with E-state index in [4.69, 9.17) is 23.4 Å². The van der Waals surface area contributed by atoms with Crippen LogP contribution in [-0.2, 0) is 19.1 Å². The van der Waals surface area contributed by atoms with E-state index >= 15 is 0 Å². The zero-order valence-corrected chi connectivity index (χ0v) is 17.8. The van der Waals surface area contributed by atoms with Crippen molar-refractivity contribution in [3.63, 3.8) is 0 Å². The molecule has 1 unspecified atom stereocenters. The first-order valence-electron chi connectivity index (χ1n) is 9.74. The van der Waals surface area contributed by atoms with Crippen LogP contribution in [0.15, 0.2) is 52.5 Å². The highest BCUT2D eigenvalue weighted by Gasteiger charge is 2.29. The molecule has 0 spiro atoms. The number of hydrogen-bond donors (Lipinski definition) is 1.